The van der Waals surface area contributed by atoms with E-state index >= 15 is 0 Å². The predicted molar refractivity (Wildman–Crippen MR) is 79.0 cm³/mol. The van der Waals surface area contributed by atoms with Gasteiger partial charge in [-0.1, -0.05) is 31.5 Å². The molecular formula is C16H21NO2S. The normalized spacial score (nSPS) is 26.1. The van der Waals surface area contributed by atoms with Gasteiger partial charge in [-0.3, -0.25) is 0 Å². The van der Waals surface area contributed by atoms with Crippen LogP contribution in [0.25, 0.3) is 0 Å². The average molecular weight is 291 g/mol. The molecule has 0 unspecified atom stereocenters. The number of aryl methyl sites for hydroxylation is 2. The van der Waals surface area contributed by atoms with E-state index in [-0.39, 0.29) is 0 Å². The van der Waals surface area contributed by atoms with Crippen LogP contribution in [0.15, 0.2) is 23.1 Å². The fourth-order valence-corrected chi connectivity index (χ4v) is 5.08. The molecule has 108 valence electrons. The highest BCUT2D eigenvalue weighted by Gasteiger charge is 2.56. The van der Waals surface area contributed by atoms with Crippen LogP contribution >= 0.6 is 0 Å². The summed E-state index contributed by atoms with van der Waals surface area (Å²) in [5.41, 5.74) is 1.76. The van der Waals surface area contributed by atoms with Crippen molar-refractivity contribution in [2.75, 3.05) is 0 Å². The van der Waals surface area contributed by atoms with Crippen LogP contribution < -0.4 is 0 Å². The van der Waals surface area contributed by atoms with Crippen LogP contribution in [0.1, 0.15) is 37.8 Å². The summed E-state index contributed by atoms with van der Waals surface area (Å²) in [5, 5.41) is 9.45. The third-order valence-electron chi connectivity index (χ3n) is 4.46. The van der Waals surface area contributed by atoms with Crippen molar-refractivity contribution in [2.45, 2.75) is 50.2 Å². The molecule has 0 saturated heterocycles. The third-order valence-corrected chi connectivity index (χ3v) is 6.96. The van der Waals surface area contributed by atoms with Gasteiger partial charge in [0.25, 0.3) is 0 Å². The second-order valence-electron chi connectivity index (χ2n) is 6.29. The van der Waals surface area contributed by atoms with Gasteiger partial charge in [0.05, 0.1) is 11.0 Å². The van der Waals surface area contributed by atoms with Gasteiger partial charge in [0.15, 0.2) is 14.6 Å². The van der Waals surface area contributed by atoms with E-state index in [0.717, 1.165) is 11.1 Å². The molecule has 1 aliphatic carbocycles. The second-order valence-corrected chi connectivity index (χ2v) is 8.52. The lowest BCUT2D eigenvalue weighted by molar-refractivity contribution is 0.198. The quantitative estimate of drug-likeness (QED) is 0.857. The van der Waals surface area contributed by atoms with Crippen molar-refractivity contribution >= 4 is 9.84 Å². The van der Waals surface area contributed by atoms with Gasteiger partial charge in [-0.2, -0.15) is 5.26 Å². The molecule has 0 spiro atoms. The topological polar surface area (TPSA) is 57.9 Å². The first-order valence-corrected chi connectivity index (χ1v) is 8.45. The fourth-order valence-electron chi connectivity index (χ4n) is 2.94. The Hall–Kier alpha value is -1.34. The van der Waals surface area contributed by atoms with E-state index in [9.17, 15) is 13.7 Å². The Morgan fingerprint density at radius 1 is 1.30 bits per heavy atom. The van der Waals surface area contributed by atoms with Crippen LogP contribution in [0.4, 0.5) is 0 Å². The lowest BCUT2D eigenvalue weighted by Gasteiger charge is -2.44. The van der Waals surface area contributed by atoms with Crippen molar-refractivity contribution in [3.05, 3.63) is 29.3 Å². The number of benzene rings is 1. The molecule has 0 atom stereocenters. The average Bonchev–Trinajstić information content (AvgIpc) is 2.26. The van der Waals surface area contributed by atoms with Gasteiger partial charge in [-0.15, -0.1) is 0 Å². The molecule has 20 heavy (non-hydrogen) atoms. The van der Waals surface area contributed by atoms with E-state index in [1.807, 2.05) is 13.0 Å². The summed E-state index contributed by atoms with van der Waals surface area (Å²) < 4.78 is 24.5. The Bertz CT molecular complexity index is 662. The molecule has 4 heteroatoms. The number of hydrogen-bond donors (Lipinski definition) is 0. The molecule has 0 aromatic heterocycles. The lowest BCUT2D eigenvalue weighted by Crippen LogP contribution is -2.50. The SMILES string of the molecule is Cc1ccc(S(=O)(=O)C2(C#N)CC(C(C)C)C2)c(C)c1. The van der Waals surface area contributed by atoms with Gasteiger partial charge < -0.3 is 0 Å². The highest BCUT2D eigenvalue weighted by Crippen LogP contribution is 2.49. The van der Waals surface area contributed by atoms with Crippen molar-refractivity contribution in [2.24, 2.45) is 11.8 Å². The van der Waals surface area contributed by atoms with Gasteiger partial charge in [-0.05, 0) is 50.2 Å². The molecule has 3 nitrogen and oxygen atoms in total. The van der Waals surface area contributed by atoms with E-state index in [1.54, 1.807) is 19.1 Å². The van der Waals surface area contributed by atoms with Crippen LogP contribution in [0.3, 0.4) is 0 Å². The highest BCUT2D eigenvalue weighted by molar-refractivity contribution is 7.93. The van der Waals surface area contributed by atoms with Crippen LogP contribution in [0.5, 0.6) is 0 Å². The standard InChI is InChI=1S/C16H21NO2S/c1-11(2)14-8-16(9-14,10-17)20(18,19)15-6-5-12(3)7-13(15)4/h5-7,11,14H,8-9H2,1-4H3. The maximum Gasteiger partial charge on any atom is 0.197 e. The minimum absolute atomic E-state index is 0.312. The third kappa shape index (κ3) is 2.14. The van der Waals surface area contributed by atoms with Crippen LogP contribution in [-0.2, 0) is 9.84 Å². The largest absolute Gasteiger partial charge is 0.222 e. The Morgan fingerprint density at radius 2 is 1.90 bits per heavy atom. The van der Waals surface area contributed by atoms with Crippen LogP contribution in [-0.4, -0.2) is 13.2 Å². The summed E-state index contributed by atoms with van der Waals surface area (Å²) in [6.07, 6.45) is 0.910. The van der Waals surface area contributed by atoms with Crippen LogP contribution in [0, 0.1) is 37.0 Å². The minimum atomic E-state index is -3.59. The summed E-state index contributed by atoms with van der Waals surface area (Å²) in [5.74, 6) is 0.751. The molecule has 0 heterocycles. The predicted octanol–water partition coefficient (Wildman–Crippen LogP) is 3.41. The fraction of sp³-hybridized carbons (Fsp3) is 0.562. The smallest absolute Gasteiger partial charge is 0.197 e. The Kier molecular flexibility index (Phi) is 3.68. The summed E-state index contributed by atoms with van der Waals surface area (Å²) in [7, 11) is -3.59. The van der Waals surface area contributed by atoms with Gasteiger partial charge in [0.2, 0.25) is 0 Å². The first kappa shape index (κ1) is 15.1. The van der Waals surface area contributed by atoms with Crippen molar-refractivity contribution in [3.8, 4) is 6.07 Å². The summed E-state index contributed by atoms with van der Waals surface area (Å²) in [6, 6.07) is 7.39. The summed E-state index contributed by atoms with van der Waals surface area (Å²) in [6.45, 7) is 7.89. The summed E-state index contributed by atoms with van der Waals surface area (Å²) >= 11 is 0. The molecule has 1 aromatic carbocycles. The van der Waals surface area contributed by atoms with E-state index in [4.69, 9.17) is 0 Å². The Labute approximate surface area is 121 Å². The molecule has 1 saturated carbocycles. The van der Waals surface area contributed by atoms with Crippen molar-refractivity contribution < 1.29 is 8.42 Å². The second kappa shape index (κ2) is 4.89. The van der Waals surface area contributed by atoms with Crippen molar-refractivity contribution in [3.63, 3.8) is 0 Å². The zero-order chi connectivity index (χ0) is 15.1. The van der Waals surface area contributed by atoms with Gasteiger partial charge in [0.1, 0.15) is 0 Å². The van der Waals surface area contributed by atoms with Crippen molar-refractivity contribution in [1.29, 1.82) is 5.26 Å². The molecule has 0 N–H and O–H groups in total. The maximum absolute atomic E-state index is 12.8. The molecule has 1 aliphatic rings. The van der Waals surface area contributed by atoms with Crippen LogP contribution in [0.2, 0.25) is 0 Å². The zero-order valence-corrected chi connectivity index (χ0v) is 13.3. The molecule has 0 bridgehead atoms. The molecule has 0 radical (unpaired) electrons. The minimum Gasteiger partial charge on any atom is -0.222 e. The van der Waals surface area contributed by atoms with Gasteiger partial charge in [-0.25, -0.2) is 8.42 Å². The van der Waals surface area contributed by atoms with E-state index in [0.29, 0.717) is 29.6 Å². The molecule has 1 fully saturated rings. The van der Waals surface area contributed by atoms with Crippen molar-refractivity contribution in [1.82, 2.24) is 0 Å². The number of nitriles is 1. The summed E-state index contributed by atoms with van der Waals surface area (Å²) in [4.78, 5) is 0.312. The van der Waals surface area contributed by atoms with Gasteiger partial charge in [0, 0.05) is 0 Å². The molecule has 1 aromatic rings. The first-order valence-electron chi connectivity index (χ1n) is 6.96. The first-order chi connectivity index (χ1) is 9.23. The number of rotatable bonds is 3. The molecule has 2 rings (SSSR count). The van der Waals surface area contributed by atoms with E-state index < -0.39 is 14.6 Å². The number of sulfone groups is 1. The molecular weight excluding hydrogens is 270 g/mol. The number of nitrogens with zero attached hydrogens (tertiary/aromatic N) is 1. The lowest BCUT2D eigenvalue weighted by atomic mass is 9.69. The maximum atomic E-state index is 12.8. The zero-order valence-electron chi connectivity index (χ0n) is 12.5. The Balaban J connectivity index is 2.43. The monoisotopic (exact) mass is 291 g/mol. The number of hydrogen-bond acceptors (Lipinski definition) is 3. The molecule has 0 aliphatic heterocycles. The molecule has 0 amide bonds. The highest BCUT2D eigenvalue weighted by atomic mass is 32.2. The van der Waals surface area contributed by atoms with E-state index in [1.165, 1.54) is 0 Å². The van der Waals surface area contributed by atoms with Gasteiger partial charge >= 0.3 is 0 Å². The van der Waals surface area contributed by atoms with E-state index in [2.05, 4.69) is 19.9 Å². The Morgan fingerprint density at radius 3 is 2.35 bits per heavy atom.